The van der Waals surface area contributed by atoms with Crippen LogP contribution in [0.3, 0.4) is 0 Å². The SMILES string of the molecule is COc1cccc(COCC(=O)N2C[C@@H](N)[C@H](c3cn(C)cn3)C2)c1. The molecule has 1 fully saturated rings. The molecule has 7 heteroatoms. The summed E-state index contributed by atoms with van der Waals surface area (Å²) >= 11 is 0. The predicted molar refractivity (Wildman–Crippen MR) is 93.2 cm³/mol. The molecule has 0 bridgehead atoms. The van der Waals surface area contributed by atoms with Gasteiger partial charge in [0.1, 0.15) is 12.4 Å². The number of aryl methyl sites for hydroxylation is 1. The number of carbonyl (C=O) groups is 1. The molecule has 3 rings (SSSR count). The van der Waals surface area contributed by atoms with Crippen molar-refractivity contribution in [2.75, 3.05) is 26.8 Å². The van der Waals surface area contributed by atoms with E-state index in [2.05, 4.69) is 4.98 Å². The normalized spacial score (nSPS) is 20.0. The van der Waals surface area contributed by atoms with Crippen LogP contribution in [0.5, 0.6) is 5.75 Å². The summed E-state index contributed by atoms with van der Waals surface area (Å²) in [4.78, 5) is 18.5. The second kappa shape index (κ2) is 7.67. The lowest BCUT2D eigenvalue weighted by atomic mass is 10.0. The second-order valence-electron chi connectivity index (χ2n) is 6.38. The highest BCUT2D eigenvalue weighted by molar-refractivity contribution is 5.78. The zero-order valence-electron chi connectivity index (χ0n) is 14.6. The van der Waals surface area contributed by atoms with E-state index >= 15 is 0 Å². The minimum atomic E-state index is -0.0998. The molecule has 0 unspecified atom stereocenters. The van der Waals surface area contributed by atoms with Gasteiger partial charge in [-0.25, -0.2) is 4.98 Å². The van der Waals surface area contributed by atoms with Crippen LogP contribution in [0, 0.1) is 0 Å². The molecule has 1 aromatic heterocycles. The van der Waals surface area contributed by atoms with Crippen LogP contribution in [0.4, 0.5) is 0 Å². The molecule has 0 radical (unpaired) electrons. The summed E-state index contributed by atoms with van der Waals surface area (Å²) in [6.07, 6.45) is 3.71. The van der Waals surface area contributed by atoms with Gasteiger partial charge in [-0.1, -0.05) is 12.1 Å². The summed E-state index contributed by atoms with van der Waals surface area (Å²) in [6, 6.07) is 7.51. The summed E-state index contributed by atoms with van der Waals surface area (Å²) in [5, 5.41) is 0. The number of nitrogens with two attached hydrogens (primary N) is 1. The van der Waals surface area contributed by atoms with E-state index in [1.54, 1.807) is 18.3 Å². The monoisotopic (exact) mass is 344 g/mol. The topological polar surface area (TPSA) is 82.6 Å². The average Bonchev–Trinajstić information content (AvgIpc) is 3.20. The van der Waals surface area contributed by atoms with Crippen molar-refractivity contribution in [3.8, 4) is 5.75 Å². The van der Waals surface area contributed by atoms with Crippen molar-refractivity contribution in [2.45, 2.75) is 18.6 Å². The highest BCUT2D eigenvalue weighted by atomic mass is 16.5. The first-order valence-electron chi connectivity index (χ1n) is 8.28. The van der Waals surface area contributed by atoms with Gasteiger partial charge in [-0.15, -0.1) is 0 Å². The zero-order valence-corrected chi connectivity index (χ0v) is 14.6. The summed E-state index contributed by atoms with van der Waals surface area (Å²) in [5.74, 6) is 0.802. The van der Waals surface area contributed by atoms with Crippen LogP contribution >= 0.6 is 0 Å². The third kappa shape index (κ3) is 4.18. The van der Waals surface area contributed by atoms with Gasteiger partial charge < -0.3 is 24.7 Å². The highest BCUT2D eigenvalue weighted by Gasteiger charge is 2.35. The molecular weight excluding hydrogens is 320 g/mol. The van der Waals surface area contributed by atoms with E-state index in [1.807, 2.05) is 42.1 Å². The molecule has 2 N–H and O–H groups in total. The van der Waals surface area contributed by atoms with Crippen LogP contribution in [0.25, 0.3) is 0 Å². The van der Waals surface area contributed by atoms with Gasteiger partial charge in [0.25, 0.3) is 0 Å². The lowest BCUT2D eigenvalue weighted by Crippen LogP contribution is -2.34. The Morgan fingerprint density at radius 2 is 2.24 bits per heavy atom. The Bertz CT molecular complexity index is 731. The van der Waals surface area contributed by atoms with Gasteiger partial charge in [0, 0.05) is 38.3 Å². The fourth-order valence-corrected chi connectivity index (χ4v) is 3.08. The van der Waals surface area contributed by atoms with Gasteiger partial charge in [-0.2, -0.15) is 0 Å². The second-order valence-corrected chi connectivity index (χ2v) is 6.38. The Labute approximate surface area is 147 Å². The molecule has 2 heterocycles. The van der Waals surface area contributed by atoms with Gasteiger partial charge in [0.2, 0.25) is 5.91 Å². The van der Waals surface area contributed by atoms with E-state index in [9.17, 15) is 4.79 Å². The number of methoxy groups -OCH3 is 1. The molecule has 25 heavy (non-hydrogen) atoms. The van der Waals surface area contributed by atoms with E-state index in [0.29, 0.717) is 19.7 Å². The van der Waals surface area contributed by atoms with E-state index < -0.39 is 0 Å². The third-order valence-corrected chi connectivity index (χ3v) is 4.45. The zero-order chi connectivity index (χ0) is 17.8. The van der Waals surface area contributed by atoms with E-state index in [0.717, 1.165) is 17.0 Å². The quantitative estimate of drug-likeness (QED) is 0.842. The van der Waals surface area contributed by atoms with Gasteiger partial charge >= 0.3 is 0 Å². The van der Waals surface area contributed by atoms with Crippen LogP contribution in [-0.2, 0) is 23.2 Å². The smallest absolute Gasteiger partial charge is 0.248 e. The van der Waals surface area contributed by atoms with Crippen molar-refractivity contribution in [2.24, 2.45) is 12.8 Å². The standard InChI is InChI=1S/C18H24N4O3/c1-21-9-17(20-12-21)15-7-22(8-16(15)19)18(23)11-25-10-13-4-3-5-14(6-13)24-2/h3-6,9,12,15-16H,7-8,10-11,19H2,1-2H3/t15-,16-/m1/s1. The first-order chi connectivity index (χ1) is 12.1. The Hall–Kier alpha value is -2.38. The number of likely N-dealkylation sites (tertiary alicyclic amines) is 1. The number of aromatic nitrogens is 2. The van der Waals surface area contributed by atoms with Gasteiger partial charge in [-0.05, 0) is 17.7 Å². The number of hydrogen-bond donors (Lipinski definition) is 1. The third-order valence-electron chi connectivity index (χ3n) is 4.45. The lowest BCUT2D eigenvalue weighted by molar-refractivity contribution is -0.135. The Balaban J connectivity index is 1.50. The van der Waals surface area contributed by atoms with Gasteiger partial charge in [0.15, 0.2) is 0 Å². The van der Waals surface area contributed by atoms with Gasteiger partial charge in [-0.3, -0.25) is 4.79 Å². The Morgan fingerprint density at radius 1 is 1.40 bits per heavy atom. The molecule has 7 nitrogen and oxygen atoms in total. The minimum absolute atomic E-state index is 0.0405. The van der Waals surface area contributed by atoms with Crippen molar-refractivity contribution >= 4 is 5.91 Å². The van der Waals surface area contributed by atoms with Crippen LogP contribution in [0.15, 0.2) is 36.8 Å². The molecule has 1 aromatic carbocycles. The van der Waals surface area contributed by atoms with Gasteiger partial charge in [0.05, 0.1) is 25.7 Å². The van der Waals surface area contributed by atoms with E-state index in [4.69, 9.17) is 15.2 Å². The number of rotatable bonds is 6. The molecule has 0 aliphatic carbocycles. The molecule has 0 spiro atoms. The first kappa shape index (κ1) is 17.4. The predicted octanol–water partition coefficient (Wildman–Crippen LogP) is 0.899. The number of imidazole rings is 1. The minimum Gasteiger partial charge on any atom is -0.497 e. The number of carbonyl (C=O) groups excluding carboxylic acids is 1. The molecule has 2 aromatic rings. The Kier molecular flexibility index (Phi) is 5.35. The number of ether oxygens (including phenoxy) is 2. The molecule has 1 aliphatic heterocycles. The number of nitrogens with zero attached hydrogens (tertiary/aromatic N) is 3. The summed E-state index contributed by atoms with van der Waals surface area (Å²) < 4.78 is 12.6. The van der Waals surface area contributed by atoms with Crippen LogP contribution < -0.4 is 10.5 Å². The first-order valence-corrected chi connectivity index (χ1v) is 8.28. The van der Waals surface area contributed by atoms with Crippen LogP contribution in [0.1, 0.15) is 17.2 Å². The maximum Gasteiger partial charge on any atom is 0.248 e. The molecule has 2 atom stereocenters. The number of amides is 1. The summed E-state index contributed by atoms with van der Waals surface area (Å²) in [5.41, 5.74) is 8.10. The fraction of sp³-hybridized carbons (Fsp3) is 0.444. The van der Waals surface area contributed by atoms with Crippen LogP contribution in [-0.4, -0.2) is 53.2 Å². The van der Waals surface area contributed by atoms with E-state index in [1.165, 1.54) is 0 Å². The van der Waals surface area contributed by atoms with Crippen molar-refractivity contribution in [1.82, 2.24) is 14.5 Å². The van der Waals surface area contributed by atoms with Crippen molar-refractivity contribution < 1.29 is 14.3 Å². The molecule has 1 amide bonds. The average molecular weight is 344 g/mol. The highest BCUT2D eigenvalue weighted by Crippen LogP contribution is 2.25. The summed E-state index contributed by atoms with van der Waals surface area (Å²) in [6.45, 7) is 1.52. The van der Waals surface area contributed by atoms with Crippen molar-refractivity contribution in [1.29, 1.82) is 0 Å². The maximum atomic E-state index is 12.4. The molecular formula is C18H24N4O3. The number of benzene rings is 1. The largest absolute Gasteiger partial charge is 0.497 e. The number of hydrogen-bond acceptors (Lipinski definition) is 5. The van der Waals surface area contributed by atoms with Crippen molar-refractivity contribution in [3.05, 3.63) is 48.0 Å². The fourth-order valence-electron chi connectivity index (χ4n) is 3.08. The lowest BCUT2D eigenvalue weighted by Gasteiger charge is -2.16. The maximum absolute atomic E-state index is 12.4. The Morgan fingerprint density at radius 3 is 2.96 bits per heavy atom. The molecule has 0 saturated carbocycles. The van der Waals surface area contributed by atoms with E-state index in [-0.39, 0.29) is 24.5 Å². The molecule has 1 saturated heterocycles. The molecule has 1 aliphatic rings. The van der Waals surface area contributed by atoms with Crippen LogP contribution in [0.2, 0.25) is 0 Å². The molecule has 134 valence electrons. The van der Waals surface area contributed by atoms with Crippen molar-refractivity contribution in [3.63, 3.8) is 0 Å². The summed E-state index contributed by atoms with van der Waals surface area (Å²) in [7, 11) is 3.55.